The summed E-state index contributed by atoms with van der Waals surface area (Å²) < 4.78 is 0. The Morgan fingerprint density at radius 3 is 2.65 bits per heavy atom. The molecule has 0 bridgehead atoms. The predicted molar refractivity (Wildman–Crippen MR) is 73.5 cm³/mol. The van der Waals surface area contributed by atoms with Crippen molar-refractivity contribution in [1.82, 2.24) is 0 Å². The first kappa shape index (κ1) is 13.1. The molecule has 1 heterocycles. The molecule has 0 aromatic rings. The summed E-state index contributed by atoms with van der Waals surface area (Å²) in [4.78, 5) is 4.20. The number of hydrogen-bond donors (Lipinski definition) is 1. The zero-order valence-corrected chi connectivity index (χ0v) is 10.5. The Labute approximate surface area is 116 Å². The second-order valence-electron chi connectivity index (χ2n) is 4.08. The average molecular weight is 259 g/mol. The van der Waals surface area contributed by atoms with Crippen molar-refractivity contribution in [2.75, 3.05) is 0 Å². The van der Waals surface area contributed by atoms with Crippen LogP contribution in [0.15, 0.2) is 63.5 Å². The van der Waals surface area contributed by atoms with Crippen molar-refractivity contribution < 1.29 is 0 Å². The summed E-state index contributed by atoms with van der Waals surface area (Å²) in [6.45, 7) is 0. The lowest BCUT2D eigenvalue weighted by Crippen LogP contribution is -2.05. The van der Waals surface area contributed by atoms with Gasteiger partial charge in [0.25, 0.3) is 0 Å². The third-order valence-electron chi connectivity index (χ3n) is 2.89. The van der Waals surface area contributed by atoms with Crippen LogP contribution in [-0.2, 0) is 0 Å². The lowest BCUT2D eigenvalue weighted by atomic mass is 9.96. The third-order valence-corrected chi connectivity index (χ3v) is 2.89. The zero-order valence-electron chi connectivity index (χ0n) is 10.5. The standard InChI is InChI=1S/C15H9N5/c16-7-12(15(19)13(8-17)9-18)6-10-1-2-14-11(5-10)3-4-20-14/h1,3-6H,2,19H2/b12-6-. The van der Waals surface area contributed by atoms with Crippen LogP contribution in [0.3, 0.4) is 0 Å². The Bertz CT molecular complexity index is 749. The molecule has 2 rings (SSSR count). The van der Waals surface area contributed by atoms with Crippen molar-refractivity contribution in [1.29, 1.82) is 15.8 Å². The number of nitrogens with zero attached hydrogens (tertiary/aromatic N) is 4. The van der Waals surface area contributed by atoms with Crippen LogP contribution in [0.5, 0.6) is 0 Å². The second-order valence-corrected chi connectivity index (χ2v) is 4.08. The Hall–Kier alpha value is -3.36. The maximum atomic E-state index is 9.12. The van der Waals surface area contributed by atoms with Gasteiger partial charge < -0.3 is 5.73 Å². The molecule has 1 aliphatic carbocycles. The smallest absolute Gasteiger partial charge is 0.153 e. The number of hydrogen-bond acceptors (Lipinski definition) is 5. The molecule has 5 nitrogen and oxygen atoms in total. The molecule has 5 heteroatoms. The number of rotatable bonds is 2. The molecule has 2 N–H and O–H groups in total. The summed E-state index contributed by atoms with van der Waals surface area (Å²) in [5.74, 6) is 0. The first-order chi connectivity index (χ1) is 9.69. The van der Waals surface area contributed by atoms with Crippen LogP contribution in [0.25, 0.3) is 0 Å². The molecule has 0 spiro atoms. The first-order valence-corrected chi connectivity index (χ1v) is 5.77. The van der Waals surface area contributed by atoms with Gasteiger partial charge >= 0.3 is 0 Å². The van der Waals surface area contributed by atoms with Gasteiger partial charge in [0.05, 0.1) is 17.0 Å². The fourth-order valence-electron chi connectivity index (χ4n) is 1.85. The summed E-state index contributed by atoms with van der Waals surface area (Å²) in [6, 6.07) is 5.27. The van der Waals surface area contributed by atoms with Crippen molar-refractivity contribution in [3.05, 3.63) is 58.5 Å². The van der Waals surface area contributed by atoms with Gasteiger partial charge in [0, 0.05) is 12.6 Å². The van der Waals surface area contributed by atoms with Crippen molar-refractivity contribution in [3.8, 4) is 18.2 Å². The van der Waals surface area contributed by atoms with Gasteiger partial charge in [-0.05, 0) is 29.4 Å². The van der Waals surface area contributed by atoms with E-state index in [2.05, 4.69) is 4.99 Å². The quantitative estimate of drug-likeness (QED) is 0.603. The van der Waals surface area contributed by atoms with E-state index in [9.17, 15) is 0 Å². The van der Waals surface area contributed by atoms with E-state index in [0.717, 1.165) is 16.9 Å². The SMILES string of the molecule is N#CC(C#N)=C(N)/C(C#N)=C\C1=CCC2=NC=CC2=C1. The molecule has 0 saturated heterocycles. The monoisotopic (exact) mass is 259 g/mol. The minimum atomic E-state index is -0.259. The normalized spacial score (nSPS) is 15.8. The Balaban J connectivity index is 2.38. The van der Waals surface area contributed by atoms with E-state index in [-0.39, 0.29) is 16.8 Å². The van der Waals surface area contributed by atoms with Crippen molar-refractivity contribution in [3.63, 3.8) is 0 Å². The molecule has 1 aliphatic heterocycles. The van der Waals surface area contributed by atoms with Gasteiger partial charge in [-0.2, -0.15) is 15.8 Å². The van der Waals surface area contributed by atoms with Gasteiger partial charge in [0.15, 0.2) is 5.57 Å². The molecule has 2 aliphatic rings. The molecular formula is C15H9N5. The summed E-state index contributed by atoms with van der Waals surface area (Å²) in [6.07, 6.45) is 9.66. The number of allylic oxidation sites excluding steroid dienone is 8. The fraction of sp³-hybridized carbons (Fsp3) is 0.0667. The molecule has 0 saturated carbocycles. The minimum Gasteiger partial charge on any atom is -0.396 e. The van der Waals surface area contributed by atoms with E-state index in [1.165, 1.54) is 0 Å². The Morgan fingerprint density at radius 1 is 1.25 bits per heavy atom. The molecule has 0 amide bonds. The van der Waals surface area contributed by atoms with Gasteiger partial charge in [0.1, 0.15) is 18.2 Å². The lowest BCUT2D eigenvalue weighted by Gasteiger charge is -2.08. The van der Waals surface area contributed by atoms with E-state index in [1.807, 2.05) is 24.3 Å². The van der Waals surface area contributed by atoms with Gasteiger partial charge in [-0.15, -0.1) is 0 Å². The van der Waals surface area contributed by atoms with Crippen LogP contribution in [0.4, 0.5) is 0 Å². The van der Waals surface area contributed by atoms with E-state index in [0.29, 0.717) is 6.42 Å². The maximum Gasteiger partial charge on any atom is 0.153 e. The van der Waals surface area contributed by atoms with Gasteiger partial charge in [-0.1, -0.05) is 6.08 Å². The van der Waals surface area contributed by atoms with Crippen LogP contribution in [0.1, 0.15) is 6.42 Å². The topological polar surface area (TPSA) is 110 Å². The molecule has 0 unspecified atom stereocenters. The summed E-state index contributed by atoms with van der Waals surface area (Å²) in [5.41, 5.74) is 8.21. The fourth-order valence-corrected chi connectivity index (χ4v) is 1.85. The highest BCUT2D eigenvalue weighted by molar-refractivity contribution is 6.07. The molecular weight excluding hydrogens is 250 g/mol. The van der Waals surface area contributed by atoms with Gasteiger partial charge in [-0.25, -0.2) is 0 Å². The predicted octanol–water partition coefficient (Wildman–Crippen LogP) is 1.92. The van der Waals surface area contributed by atoms with Crippen LogP contribution >= 0.6 is 0 Å². The van der Waals surface area contributed by atoms with Gasteiger partial charge in [0.2, 0.25) is 0 Å². The average Bonchev–Trinajstić information content (AvgIpc) is 2.93. The third kappa shape index (κ3) is 2.41. The van der Waals surface area contributed by atoms with E-state index >= 15 is 0 Å². The molecule has 0 atom stereocenters. The molecule has 0 aromatic heterocycles. The van der Waals surface area contributed by atoms with E-state index < -0.39 is 0 Å². The largest absolute Gasteiger partial charge is 0.396 e. The molecule has 94 valence electrons. The second kappa shape index (κ2) is 5.52. The highest BCUT2D eigenvalue weighted by Gasteiger charge is 2.14. The van der Waals surface area contributed by atoms with Crippen LogP contribution in [0.2, 0.25) is 0 Å². The van der Waals surface area contributed by atoms with Crippen molar-refractivity contribution in [2.45, 2.75) is 6.42 Å². The zero-order chi connectivity index (χ0) is 14.5. The maximum absolute atomic E-state index is 9.12. The highest BCUT2D eigenvalue weighted by atomic mass is 14.7. The number of aliphatic imine (C=N–C) groups is 1. The van der Waals surface area contributed by atoms with Crippen LogP contribution < -0.4 is 5.73 Å². The highest BCUT2D eigenvalue weighted by Crippen LogP contribution is 2.23. The van der Waals surface area contributed by atoms with Crippen molar-refractivity contribution in [2.24, 2.45) is 10.7 Å². The summed E-state index contributed by atoms with van der Waals surface area (Å²) in [7, 11) is 0. The molecule has 0 aromatic carbocycles. The lowest BCUT2D eigenvalue weighted by molar-refractivity contribution is 1.29. The van der Waals surface area contributed by atoms with Crippen LogP contribution in [-0.4, -0.2) is 5.71 Å². The number of nitrogens with two attached hydrogens (primary N) is 1. The van der Waals surface area contributed by atoms with E-state index in [1.54, 1.807) is 24.4 Å². The molecule has 0 radical (unpaired) electrons. The first-order valence-electron chi connectivity index (χ1n) is 5.77. The number of nitriles is 3. The van der Waals surface area contributed by atoms with Gasteiger partial charge in [-0.3, -0.25) is 4.99 Å². The van der Waals surface area contributed by atoms with E-state index in [4.69, 9.17) is 21.5 Å². The minimum absolute atomic E-state index is 0.0989. The van der Waals surface area contributed by atoms with Crippen LogP contribution in [0, 0.1) is 34.0 Å². The Kier molecular flexibility index (Phi) is 3.61. The molecule has 0 fully saturated rings. The summed E-state index contributed by atoms with van der Waals surface area (Å²) in [5, 5.41) is 26.7. The number of fused-ring (bicyclic) bond motifs is 1. The summed E-state index contributed by atoms with van der Waals surface area (Å²) >= 11 is 0. The van der Waals surface area contributed by atoms with Crippen molar-refractivity contribution >= 4 is 5.71 Å². The Morgan fingerprint density at radius 2 is 2.00 bits per heavy atom. The molecule has 20 heavy (non-hydrogen) atoms.